The number of anilines is 1. The van der Waals surface area contributed by atoms with E-state index >= 15 is 0 Å². The largest absolute Gasteiger partial charge is 0.384 e. The first-order chi connectivity index (χ1) is 15.9. The van der Waals surface area contributed by atoms with E-state index < -0.39 is 10.0 Å². The van der Waals surface area contributed by atoms with E-state index in [0.717, 1.165) is 34.2 Å². The van der Waals surface area contributed by atoms with Crippen LogP contribution in [0.4, 0.5) is 5.82 Å². The number of aromatic nitrogens is 3. The maximum atomic E-state index is 12.5. The molecule has 3 N–H and O–H groups in total. The van der Waals surface area contributed by atoms with Crippen LogP contribution in [0, 0.1) is 6.92 Å². The van der Waals surface area contributed by atoms with Gasteiger partial charge in [0.2, 0.25) is 10.0 Å². The standard InChI is InChI=1S/C24H29N5O3S/c1-17-9-11-18(12-10-17)33(30,31)26-14-5-6-15-29-21(13-16-32-2)28-22-23(29)19-7-3-4-8-20(19)27-24(22)25/h3-4,7-12,26H,5-6,13-16H2,1-2H3,(H2,25,27). The minimum Gasteiger partial charge on any atom is -0.384 e. The Labute approximate surface area is 193 Å². The molecule has 2 heterocycles. The molecule has 0 saturated heterocycles. The molecule has 2 aromatic carbocycles. The molecule has 9 heteroatoms. The molecule has 4 aromatic rings. The van der Waals surface area contributed by atoms with Crippen LogP contribution in [0.25, 0.3) is 21.9 Å². The lowest BCUT2D eigenvalue weighted by Gasteiger charge is -2.11. The highest BCUT2D eigenvalue weighted by molar-refractivity contribution is 7.89. The number of nitrogen functional groups attached to an aromatic ring is 1. The zero-order valence-corrected chi connectivity index (χ0v) is 19.7. The van der Waals surface area contributed by atoms with Gasteiger partial charge in [0.1, 0.15) is 11.3 Å². The average molecular weight is 468 g/mol. The van der Waals surface area contributed by atoms with Crippen LogP contribution < -0.4 is 10.5 Å². The second-order valence-corrected chi connectivity index (χ2v) is 9.82. The third-order valence-electron chi connectivity index (χ3n) is 5.65. The van der Waals surface area contributed by atoms with E-state index in [4.69, 9.17) is 15.5 Å². The summed E-state index contributed by atoms with van der Waals surface area (Å²) in [6.07, 6.45) is 2.12. The Bertz CT molecular complexity index is 1360. The van der Waals surface area contributed by atoms with Crippen molar-refractivity contribution in [2.45, 2.75) is 37.6 Å². The van der Waals surface area contributed by atoms with E-state index in [1.54, 1.807) is 31.4 Å². The van der Waals surface area contributed by atoms with Gasteiger partial charge in [-0.15, -0.1) is 0 Å². The molecule has 0 aliphatic carbocycles. The van der Waals surface area contributed by atoms with E-state index in [-0.39, 0.29) is 4.90 Å². The summed E-state index contributed by atoms with van der Waals surface area (Å²) in [5.74, 6) is 1.30. The van der Waals surface area contributed by atoms with Crippen LogP contribution in [0.3, 0.4) is 0 Å². The number of fused-ring (bicyclic) bond motifs is 3. The summed E-state index contributed by atoms with van der Waals surface area (Å²) in [6.45, 7) is 3.53. The number of para-hydroxylation sites is 1. The summed E-state index contributed by atoms with van der Waals surface area (Å²) >= 11 is 0. The number of imidazole rings is 1. The van der Waals surface area contributed by atoms with Crippen molar-refractivity contribution >= 4 is 37.8 Å². The fourth-order valence-corrected chi connectivity index (χ4v) is 5.01. The minimum absolute atomic E-state index is 0.282. The molecule has 4 rings (SSSR count). The van der Waals surface area contributed by atoms with Gasteiger partial charge in [0.15, 0.2) is 5.82 Å². The molecule has 2 aromatic heterocycles. The number of benzene rings is 2. The fourth-order valence-electron chi connectivity index (χ4n) is 3.93. The number of nitrogens with one attached hydrogen (secondary N) is 1. The Hall–Kier alpha value is -3.01. The number of nitrogens with two attached hydrogens (primary N) is 1. The smallest absolute Gasteiger partial charge is 0.240 e. The van der Waals surface area contributed by atoms with Gasteiger partial charge in [-0.1, -0.05) is 35.9 Å². The first kappa shape index (κ1) is 23.2. The van der Waals surface area contributed by atoms with Crippen molar-refractivity contribution in [2.75, 3.05) is 26.0 Å². The quantitative estimate of drug-likeness (QED) is 0.346. The monoisotopic (exact) mass is 467 g/mol. The third-order valence-corrected chi connectivity index (χ3v) is 7.13. The van der Waals surface area contributed by atoms with Crippen molar-refractivity contribution in [1.82, 2.24) is 19.3 Å². The highest BCUT2D eigenvalue weighted by Gasteiger charge is 2.17. The normalized spacial score (nSPS) is 12.1. The summed E-state index contributed by atoms with van der Waals surface area (Å²) in [4.78, 5) is 9.55. The van der Waals surface area contributed by atoms with Crippen LogP contribution in [-0.4, -0.2) is 43.2 Å². The van der Waals surface area contributed by atoms with Crippen LogP contribution >= 0.6 is 0 Å². The molecule has 33 heavy (non-hydrogen) atoms. The van der Waals surface area contributed by atoms with E-state index in [9.17, 15) is 8.42 Å². The van der Waals surface area contributed by atoms with E-state index in [2.05, 4.69) is 14.3 Å². The highest BCUT2D eigenvalue weighted by Crippen LogP contribution is 2.29. The molecular weight excluding hydrogens is 438 g/mol. The van der Waals surface area contributed by atoms with E-state index in [0.29, 0.717) is 43.9 Å². The molecule has 0 fully saturated rings. The van der Waals surface area contributed by atoms with Gasteiger partial charge < -0.3 is 15.0 Å². The van der Waals surface area contributed by atoms with Gasteiger partial charge in [-0.25, -0.2) is 23.1 Å². The van der Waals surface area contributed by atoms with Crippen LogP contribution in [0.5, 0.6) is 0 Å². The van der Waals surface area contributed by atoms with Crippen LogP contribution in [0.2, 0.25) is 0 Å². The zero-order valence-electron chi connectivity index (χ0n) is 18.9. The Balaban J connectivity index is 1.51. The zero-order chi connectivity index (χ0) is 23.4. The second kappa shape index (κ2) is 9.86. The summed E-state index contributed by atoms with van der Waals surface area (Å²) in [7, 11) is -1.85. The number of nitrogens with zero attached hydrogens (tertiary/aromatic N) is 3. The van der Waals surface area contributed by atoms with Gasteiger partial charge in [0.05, 0.1) is 22.5 Å². The van der Waals surface area contributed by atoms with Crippen molar-refractivity contribution in [3.63, 3.8) is 0 Å². The Morgan fingerprint density at radius 1 is 1.06 bits per heavy atom. The van der Waals surface area contributed by atoms with Crippen LogP contribution in [0.15, 0.2) is 53.4 Å². The summed E-state index contributed by atoms with van der Waals surface area (Å²) in [5.41, 5.74) is 9.73. The number of ether oxygens (including phenoxy) is 1. The van der Waals surface area contributed by atoms with Crippen molar-refractivity contribution in [3.05, 3.63) is 59.9 Å². The lowest BCUT2D eigenvalue weighted by atomic mass is 10.2. The molecule has 0 radical (unpaired) electrons. The van der Waals surface area contributed by atoms with Crippen molar-refractivity contribution in [3.8, 4) is 0 Å². The number of methoxy groups -OCH3 is 1. The predicted octanol–water partition coefficient (Wildman–Crippen LogP) is 3.42. The first-order valence-corrected chi connectivity index (χ1v) is 12.5. The van der Waals surface area contributed by atoms with E-state index in [1.165, 1.54) is 0 Å². The number of hydrogen-bond acceptors (Lipinski definition) is 6. The number of rotatable bonds is 10. The molecule has 0 saturated carbocycles. The van der Waals surface area contributed by atoms with E-state index in [1.807, 2.05) is 31.2 Å². The van der Waals surface area contributed by atoms with Crippen LogP contribution in [-0.2, 0) is 27.7 Å². The molecule has 174 valence electrons. The Morgan fingerprint density at radius 3 is 2.58 bits per heavy atom. The van der Waals surface area contributed by atoms with Gasteiger partial charge in [-0.05, 0) is 38.0 Å². The first-order valence-electron chi connectivity index (χ1n) is 11.0. The van der Waals surface area contributed by atoms with Gasteiger partial charge in [0, 0.05) is 32.0 Å². The SMILES string of the molecule is COCCc1nc2c(N)nc3ccccc3c2n1CCCCNS(=O)(=O)c1ccc(C)cc1. The second-order valence-electron chi connectivity index (χ2n) is 8.05. The molecule has 0 aliphatic rings. The lowest BCUT2D eigenvalue weighted by molar-refractivity contribution is 0.199. The third kappa shape index (κ3) is 5.00. The maximum Gasteiger partial charge on any atom is 0.240 e. The van der Waals surface area contributed by atoms with Gasteiger partial charge >= 0.3 is 0 Å². The summed E-state index contributed by atoms with van der Waals surface area (Å²) in [6, 6.07) is 14.7. The summed E-state index contributed by atoms with van der Waals surface area (Å²) in [5, 5.41) is 0.998. The highest BCUT2D eigenvalue weighted by atomic mass is 32.2. The molecule has 0 amide bonds. The van der Waals surface area contributed by atoms with Gasteiger partial charge in [-0.2, -0.15) is 0 Å². The number of sulfonamides is 1. The predicted molar refractivity (Wildman–Crippen MR) is 131 cm³/mol. The Morgan fingerprint density at radius 2 is 1.82 bits per heavy atom. The van der Waals surface area contributed by atoms with Crippen molar-refractivity contribution < 1.29 is 13.2 Å². The minimum atomic E-state index is -3.51. The lowest BCUT2D eigenvalue weighted by Crippen LogP contribution is -2.25. The van der Waals surface area contributed by atoms with Crippen molar-refractivity contribution in [1.29, 1.82) is 0 Å². The number of aryl methyl sites for hydroxylation is 2. The summed E-state index contributed by atoms with van der Waals surface area (Å²) < 4.78 is 35.1. The maximum absolute atomic E-state index is 12.5. The molecule has 0 atom stereocenters. The molecule has 8 nitrogen and oxygen atoms in total. The number of unbranched alkanes of at least 4 members (excludes halogenated alkanes) is 1. The van der Waals surface area contributed by atoms with Crippen molar-refractivity contribution in [2.24, 2.45) is 0 Å². The van der Waals surface area contributed by atoms with Gasteiger partial charge in [-0.3, -0.25) is 0 Å². The van der Waals surface area contributed by atoms with Gasteiger partial charge in [0.25, 0.3) is 0 Å². The number of hydrogen-bond donors (Lipinski definition) is 2. The molecular formula is C24H29N5O3S. The molecule has 0 bridgehead atoms. The Kier molecular flexibility index (Phi) is 6.92. The number of pyridine rings is 1. The van der Waals surface area contributed by atoms with Crippen LogP contribution in [0.1, 0.15) is 24.2 Å². The molecule has 0 unspecified atom stereocenters. The average Bonchev–Trinajstić information content (AvgIpc) is 3.17. The molecule has 0 aliphatic heterocycles. The topological polar surface area (TPSA) is 112 Å². The molecule has 0 spiro atoms. The fraction of sp³-hybridized carbons (Fsp3) is 0.333.